The molecule has 1 aliphatic heterocycles. The molecule has 1 heterocycles. The molecule has 5 nitrogen and oxygen atoms in total. The van der Waals surface area contributed by atoms with Crippen LogP contribution in [0.5, 0.6) is 11.5 Å². The van der Waals surface area contributed by atoms with Crippen LogP contribution >= 0.6 is 0 Å². The van der Waals surface area contributed by atoms with Gasteiger partial charge in [-0.25, -0.2) is 4.79 Å². The molecule has 0 unspecified atom stereocenters. The van der Waals surface area contributed by atoms with Crippen LogP contribution in [0.1, 0.15) is 36.2 Å². The molecule has 0 bridgehead atoms. The molecule has 114 valence electrons. The zero-order chi connectivity index (χ0) is 15.6. The highest BCUT2D eigenvalue weighted by Crippen LogP contribution is 2.37. The average molecular weight is 292 g/mol. The van der Waals surface area contributed by atoms with E-state index < -0.39 is 17.9 Å². The van der Waals surface area contributed by atoms with Crippen LogP contribution in [0.2, 0.25) is 0 Å². The lowest BCUT2D eigenvalue weighted by molar-refractivity contribution is -0.127. The first-order chi connectivity index (χ1) is 9.86. The Kier molecular flexibility index (Phi) is 4.23. The number of rotatable bonds is 5. The number of cyclic esters (lactones) is 1. The minimum atomic E-state index is -1.02. The van der Waals surface area contributed by atoms with Gasteiger partial charge in [-0.15, -0.1) is 6.58 Å². The molecule has 0 spiro atoms. The predicted molar refractivity (Wildman–Crippen MR) is 77.6 cm³/mol. The molecule has 0 saturated heterocycles. The lowest BCUT2D eigenvalue weighted by Gasteiger charge is -2.33. The Balaban J connectivity index is 2.45. The molecule has 1 aliphatic rings. The van der Waals surface area contributed by atoms with E-state index in [1.165, 1.54) is 7.11 Å². The second-order valence-electron chi connectivity index (χ2n) is 5.43. The van der Waals surface area contributed by atoms with Gasteiger partial charge in [0.1, 0.15) is 17.1 Å². The summed E-state index contributed by atoms with van der Waals surface area (Å²) < 4.78 is 16.2. The smallest absolute Gasteiger partial charge is 0.345 e. The highest BCUT2D eigenvalue weighted by Gasteiger charge is 2.36. The van der Waals surface area contributed by atoms with Crippen molar-refractivity contribution >= 4 is 5.97 Å². The van der Waals surface area contributed by atoms with Crippen molar-refractivity contribution in [1.29, 1.82) is 0 Å². The first-order valence-electron chi connectivity index (χ1n) is 6.78. The van der Waals surface area contributed by atoms with Crippen molar-refractivity contribution in [3.05, 3.63) is 35.9 Å². The van der Waals surface area contributed by atoms with Gasteiger partial charge >= 0.3 is 5.97 Å². The van der Waals surface area contributed by atoms with Crippen molar-refractivity contribution < 1.29 is 24.1 Å². The Morgan fingerprint density at radius 2 is 2.14 bits per heavy atom. The van der Waals surface area contributed by atoms with E-state index in [0.29, 0.717) is 35.5 Å². The van der Waals surface area contributed by atoms with Crippen molar-refractivity contribution in [1.82, 2.24) is 0 Å². The van der Waals surface area contributed by atoms with E-state index in [0.717, 1.165) is 0 Å². The van der Waals surface area contributed by atoms with Gasteiger partial charge in [0.2, 0.25) is 5.79 Å². The molecule has 0 radical (unpaired) electrons. The molecule has 5 heteroatoms. The van der Waals surface area contributed by atoms with Gasteiger partial charge in [0.05, 0.1) is 13.2 Å². The quantitative estimate of drug-likeness (QED) is 0.667. The Bertz CT molecular complexity index is 562. The number of esters is 1. The molecule has 0 amide bonds. The van der Waals surface area contributed by atoms with Gasteiger partial charge in [0.25, 0.3) is 0 Å². The fraction of sp³-hybridized carbons (Fsp3) is 0.438. The third-order valence-corrected chi connectivity index (χ3v) is 3.19. The van der Waals surface area contributed by atoms with Crippen molar-refractivity contribution in [3.8, 4) is 11.5 Å². The van der Waals surface area contributed by atoms with Gasteiger partial charge < -0.3 is 19.3 Å². The van der Waals surface area contributed by atoms with Gasteiger partial charge in [-0.1, -0.05) is 6.08 Å². The van der Waals surface area contributed by atoms with Gasteiger partial charge in [0.15, 0.2) is 0 Å². The molecular weight excluding hydrogens is 272 g/mol. The number of aliphatic hydroxyl groups is 1. The summed E-state index contributed by atoms with van der Waals surface area (Å²) >= 11 is 0. The van der Waals surface area contributed by atoms with Crippen LogP contribution in [0, 0.1) is 0 Å². The zero-order valence-corrected chi connectivity index (χ0v) is 12.5. The van der Waals surface area contributed by atoms with E-state index in [1.807, 2.05) is 0 Å². The standard InChI is InChI=1S/C16H20O5/c1-5-6-11(17)7-10-8-12(19-4)9-13-14(10)15(18)21-16(2,3)20-13/h5,8-9,11,17H,1,6-7H2,2-4H3/t11-/m1/s1. The van der Waals surface area contributed by atoms with Crippen LogP contribution in [-0.4, -0.2) is 30.1 Å². The number of carbonyl (C=O) groups is 1. The first kappa shape index (κ1) is 15.4. The summed E-state index contributed by atoms with van der Waals surface area (Å²) in [5.41, 5.74) is 0.984. The van der Waals surface area contributed by atoms with Crippen LogP contribution in [-0.2, 0) is 11.2 Å². The molecular formula is C16H20O5. The second kappa shape index (κ2) is 5.77. The summed E-state index contributed by atoms with van der Waals surface area (Å²) in [4.78, 5) is 12.2. The lowest BCUT2D eigenvalue weighted by Crippen LogP contribution is -2.39. The van der Waals surface area contributed by atoms with Crippen LogP contribution in [0.4, 0.5) is 0 Å². The molecule has 0 aliphatic carbocycles. The predicted octanol–water partition coefficient (Wildman–Crippen LogP) is 2.46. The SMILES string of the molecule is C=CC[C@@H](O)Cc1cc(OC)cc2c1C(=O)OC(C)(C)O2. The zero-order valence-electron chi connectivity index (χ0n) is 12.5. The molecule has 1 aromatic rings. The highest BCUT2D eigenvalue weighted by molar-refractivity contribution is 5.95. The topological polar surface area (TPSA) is 65.0 Å². The van der Waals surface area contributed by atoms with Crippen molar-refractivity contribution in [2.75, 3.05) is 7.11 Å². The van der Waals surface area contributed by atoms with Gasteiger partial charge in [0, 0.05) is 19.9 Å². The molecule has 0 saturated carbocycles. The third kappa shape index (κ3) is 3.36. The van der Waals surface area contributed by atoms with E-state index >= 15 is 0 Å². The van der Waals surface area contributed by atoms with Gasteiger partial charge in [-0.3, -0.25) is 0 Å². The average Bonchev–Trinajstić information content (AvgIpc) is 2.36. The number of methoxy groups -OCH3 is 1. The molecule has 1 N–H and O–H groups in total. The van der Waals surface area contributed by atoms with E-state index in [4.69, 9.17) is 14.2 Å². The highest BCUT2D eigenvalue weighted by atomic mass is 16.7. The summed E-state index contributed by atoms with van der Waals surface area (Å²) in [6.45, 7) is 6.93. The molecule has 1 atom stereocenters. The monoisotopic (exact) mass is 292 g/mol. The van der Waals surface area contributed by atoms with E-state index in [2.05, 4.69) is 6.58 Å². The van der Waals surface area contributed by atoms with Crippen LogP contribution in [0.25, 0.3) is 0 Å². The Morgan fingerprint density at radius 1 is 1.43 bits per heavy atom. The maximum absolute atomic E-state index is 12.2. The number of aliphatic hydroxyl groups excluding tert-OH is 1. The summed E-state index contributed by atoms with van der Waals surface area (Å²) in [6, 6.07) is 3.37. The van der Waals surface area contributed by atoms with E-state index in [-0.39, 0.29) is 0 Å². The molecule has 21 heavy (non-hydrogen) atoms. The Hall–Kier alpha value is -2.01. The summed E-state index contributed by atoms with van der Waals surface area (Å²) in [7, 11) is 1.54. The second-order valence-corrected chi connectivity index (χ2v) is 5.43. The van der Waals surface area contributed by atoms with Crippen LogP contribution in [0.3, 0.4) is 0 Å². The number of fused-ring (bicyclic) bond motifs is 1. The maximum Gasteiger partial charge on any atom is 0.345 e. The van der Waals surface area contributed by atoms with Crippen LogP contribution in [0.15, 0.2) is 24.8 Å². The number of hydrogen-bond acceptors (Lipinski definition) is 5. The van der Waals surface area contributed by atoms with Crippen molar-refractivity contribution in [2.45, 2.75) is 38.6 Å². The molecule has 0 aromatic heterocycles. The minimum absolute atomic E-state index is 0.296. The summed E-state index contributed by atoms with van der Waals surface area (Å²) in [6.07, 6.45) is 1.74. The Morgan fingerprint density at radius 3 is 2.76 bits per heavy atom. The number of hydrogen-bond donors (Lipinski definition) is 1. The summed E-state index contributed by atoms with van der Waals surface area (Å²) in [5.74, 6) is -0.492. The Labute approximate surface area is 124 Å². The summed E-state index contributed by atoms with van der Waals surface area (Å²) in [5, 5.41) is 9.95. The third-order valence-electron chi connectivity index (χ3n) is 3.19. The first-order valence-corrected chi connectivity index (χ1v) is 6.78. The fourth-order valence-corrected chi connectivity index (χ4v) is 2.33. The van der Waals surface area contributed by atoms with Gasteiger partial charge in [-0.05, 0) is 24.5 Å². The van der Waals surface area contributed by atoms with Crippen LogP contribution < -0.4 is 9.47 Å². The minimum Gasteiger partial charge on any atom is -0.497 e. The largest absolute Gasteiger partial charge is 0.497 e. The molecule has 2 rings (SSSR count). The van der Waals surface area contributed by atoms with E-state index in [9.17, 15) is 9.90 Å². The lowest BCUT2D eigenvalue weighted by atomic mass is 9.98. The number of ether oxygens (including phenoxy) is 3. The number of benzene rings is 1. The normalized spacial score (nSPS) is 17.2. The fourth-order valence-electron chi connectivity index (χ4n) is 2.33. The maximum atomic E-state index is 12.2. The molecule has 1 aromatic carbocycles. The van der Waals surface area contributed by atoms with E-state index in [1.54, 1.807) is 32.1 Å². The number of carbonyl (C=O) groups excluding carboxylic acids is 1. The van der Waals surface area contributed by atoms with Crippen molar-refractivity contribution in [3.63, 3.8) is 0 Å². The van der Waals surface area contributed by atoms with Gasteiger partial charge in [-0.2, -0.15) is 0 Å². The molecule has 0 fully saturated rings. The van der Waals surface area contributed by atoms with Crippen molar-refractivity contribution in [2.24, 2.45) is 0 Å².